The van der Waals surface area contributed by atoms with Crippen molar-refractivity contribution in [3.05, 3.63) is 53.3 Å². The molecular weight excluding hydrogens is 396 g/mol. The Kier molecular flexibility index (Phi) is 6.20. The van der Waals surface area contributed by atoms with Gasteiger partial charge in [-0.3, -0.25) is 9.47 Å². The third kappa shape index (κ3) is 4.13. The molecule has 0 saturated carbocycles. The van der Waals surface area contributed by atoms with E-state index < -0.39 is 0 Å². The lowest BCUT2D eigenvalue weighted by atomic mass is 10.00. The Bertz CT molecular complexity index is 1050. The molecule has 30 heavy (non-hydrogen) atoms. The molecule has 0 aliphatic carbocycles. The predicted octanol–water partition coefficient (Wildman–Crippen LogP) is 4.78. The number of benzene rings is 2. The largest absolute Gasteiger partial charge is 0.493 e. The van der Waals surface area contributed by atoms with Crippen LogP contribution in [0.1, 0.15) is 19.8 Å². The Balaban J connectivity index is 1.78. The molecule has 1 saturated heterocycles. The van der Waals surface area contributed by atoms with Crippen LogP contribution in [0.5, 0.6) is 11.5 Å². The normalized spacial score (nSPS) is 15.3. The predicted molar refractivity (Wildman–Crippen MR) is 121 cm³/mol. The van der Waals surface area contributed by atoms with E-state index in [4.69, 9.17) is 26.8 Å². The van der Waals surface area contributed by atoms with Crippen LogP contribution in [0.15, 0.2) is 48.5 Å². The molecule has 1 fully saturated rings. The van der Waals surface area contributed by atoms with E-state index in [-0.39, 0.29) is 0 Å². The minimum Gasteiger partial charge on any atom is -0.493 e. The molecular formula is C23H28N4O2S. The maximum Gasteiger partial charge on any atom is 0.204 e. The van der Waals surface area contributed by atoms with Gasteiger partial charge in [0.25, 0.3) is 0 Å². The fraction of sp³-hybridized carbons (Fsp3) is 0.391. The Morgan fingerprint density at radius 1 is 1.00 bits per heavy atom. The van der Waals surface area contributed by atoms with Crippen molar-refractivity contribution in [1.29, 1.82) is 0 Å². The minimum atomic E-state index is 0.661. The number of methoxy groups -OCH3 is 2. The summed E-state index contributed by atoms with van der Waals surface area (Å²) in [6.45, 7) is 5.17. The molecule has 7 heteroatoms. The molecule has 4 rings (SSSR count). The van der Waals surface area contributed by atoms with Crippen molar-refractivity contribution < 1.29 is 9.47 Å². The highest BCUT2D eigenvalue weighted by Gasteiger charge is 2.20. The summed E-state index contributed by atoms with van der Waals surface area (Å²) in [5.41, 5.74) is 1.92. The number of likely N-dealkylation sites (tertiary alicyclic amines) is 1. The Morgan fingerprint density at radius 3 is 2.37 bits per heavy atom. The summed E-state index contributed by atoms with van der Waals surface area (Å²) in [5, 5.41) is 4.93. The first kappa shape index (κ1) is 20.6. The molecule has 2 heterocycles. The summed E-state index contributed by atoms with van der Waals surface area (Å²) in [4.78, 5) is 2.43. The van der Waals surface area contributed by atoms with Crippen LogP contribution in [-0.2, 0) is 6.67 Å². The van der Waals surface area contributed by atoms with E-state index in [2.05, 4.69) is 24.0 Å². The van der Waals surface area contributed by atoms with E-state index in [0.29, 0.717) is 22.9 Å². The van der Waals surface area contributed by atoms with Gasteiger partial charge in [0.15, 0.2) is 17.3 Å². The van der Waals surface area contributed by atoms with Crippen LogP contribution >= 0.6 is 12.2 Å². The molecule has 0 bridgehead atoms. The summed E-state index contributed by atoms with van der Waals surface area (Å²) in [5.74, 6) is 2.95. The van der Waals surface area contributed by atoms with Gasteiger partial charge in [-0.15, -0.1) is 5.10 Å². The van der Waals surface area contributed by atoms with Crippen molar-refractivity contribution >= 4 is 12.2 Å². The molecule has 0 radical (unpaired) electrons. The van der Waals surface area contributed by atoms with Gasteiger partial charge >= 0.3 is 0 Å². The van der Waals surface area contributed by atoms with Gasteiger partial charge in [-0.05, 0) is 43.1 Å². The standard InChI is InChI=1S/C23H28N4O2S/c1-17-11-13-25(14-12-17)16-26-23(30)27(22(24-26)18-7-5-4-6-8-18)19-9-10-20(28-2)21(15-19)29-3/h4-10,15,17H,11-14,16H2,1-3H3. The zero-order valence-corrected chi connectivity index (χ0v) is 18.6. The van der Waals surface area contributed by atoms with E-state index in [1.54, 1.807) is 14.2 Å². The Labute approximate surface area is 182 Å². The number of hydrogen-bond donors (Lipinski definition) is 0. The fourth-order valence-electron chi connectivity index (χ4n) is 3.86. The number of ether oxygens (including phenoxy) is 2. The van der Waals surface area contributed by atoms with Gasteiger partial charge in [-0.1, -0.05) is 37.3 Å². The summed E-state index contributed by atoms with van der Waals surface area (Å²) in [7, 11) is 3.27. The smallest absolute Gasteiger partial charge is 0.204 e. The van der Waals surface area contributed by atoms with Gasteiger partial charge in [0.2, 0.25) is 4.77 Å². The minimum absolute atomic E-state index is 0.661. The lowest BCUT2D eigenvalue weighted by Gasteiger charge is -2.29. The molecule has 158 valence electrons. The van der Waals surface area contributed by atoms with Gasteiger partial charge in [0, 0.05) is 24.7 Å². The number of nitrogens with zero attached hydrogens (tertiary/aromatic N) is 4. The first-order valence-corrected chi connectivity index (χ1v) is 10.7. The highest BCUT2D eigenvalue weighted by molar-refractivity contribution is 7.71. The van der Waals surface area contributed by atoms with Crippen LogP contribution in [0.4, 0.5) is 0 Å². The quantitative estimate of drug-likeness (QED) is 0.533. The molecule has 0 spiro atoms. The third-order valence-electron chi connectivity index (χ3n) is 5.71. The van der Waals surface area contributed by atoms with Crippen molar-refractivity contribution in [2.75, 3.05) is 27.3 Å². The molecule has 0 N–H and O–H groups in total. The maximum absolute atomic E-state index is 5.89. The molecule has 2 aromatic carbocycles. The SMILES string of the molecule is COc1ccc(-n2c(-c3ccccc3)nn(CN3CCC(C)CC3)c2=S)cc1OC. The van der Waals surface area contributed by atoms with Crippen LogP contribution < -0.4 is 9.47 Å². The van der Waals surface area contributed by atoms with Crippen molar-refractivity contribution in [3.8, 4) is 28.6 Å². The average molecular weight is 425 g/mol. The van der Waals surface area contributed by atoms with Crippen LogP contribution in [0.2, 0.25) is 0 Å². The summed E-state index contributed by atoms with van der Waals surface area (Å²) >= 11 is 5.89. The lowest BCUT2D eigenvalue weighted by Crippen LogP contribution is -2.34. The van der Waals surface area contributed by atoms with E-state index in [1.165, 1.54) is 12.8 Å². The fourth-order valence-corrected chi connectivity index (χ4v) is 4.15. The molecule has 0 amide bonds. The van der Waals surface area contributed by atoms with E-state index in [1.807, 2.05) is 45.6 Å². The molecule has 3 aromatic rings. The zero-order valence-electron chi connectivity index (χ0n) is 17.7. The number of hydrogen-bond acceptors (Lipinski definition) is 5. The first-order chi connectivity index (χ1) is 14.6. The van der Waals surface area contributed by atoms with Gasteiger partial charge in [0.1, 0.15) is 0 Å². The molecule has 6 nitrogen and oxygen atoms in total. The molecule has 0 atom stereocenters. The van der Waals surface area contributed by atoms with Crippen LogP contribution in [0.3, 0.4) is 0 Å². The number of piperidine rings is 1. The first-order valence-electron chi connectivity index (χ1n) is 10.3. The van der Waals surface area contributed by atoms with Crippen molar-refractivity contribution in [1.82, 2.24) is 19.2 Å². The van der Waals surface area contributed by atoms with Crippen LogP contribution in [-0.4, -0.2) is 46.6 Å². The van der Waals surface area contributed by atoms with Crippen molar-refractivity contribution in [2.24, 2.45) is 5.92 Å². The van der Waals surface area contributed by atoms with Crippen molar-refractivity contribution in [2.45, 2.75) is 26.4 Å². The van der Waals surface area contributed by atoms with Gasteiger partial charge < -0.3 is 9.47 Å². The maximum atomic E-state index is 5.89. The number of aromatic nitrogens is 3. The zero-order chi connectivity index (χ0) is 21.1. The van der Waals surface area contributed by atoms with E-state index in [0.717, 1.165) is 36.1 Å². The summed E-state index contributed by atoms with van der Waals surface area (Å²) in [6, 6.07) is 16.0. The molecule has 1 aliphatic rings. The van der Waals surface area contributed by atoms with Crippen LogP contribution in [0, 0.1) is 10.7 Å². The van der Waals surface area contributed by atoms with Gasteiger partial charge in [-0.2, -0.15) is 0 Å². The highest BCUT2D eigenvalue weighted by atomic mass is 32.1. The highest BCUT2D eigenvalue weighted by Crippen LogP contribution is 2.31. The van der Waals surface area contributed by atoms with E-state index in [9.17, 15) is 0 Å². The topological polar surface area (TPSA) is 44.5 Å². The van der Waals surface area contributed by atoms with Crippen molar-refractivity contribution in [3.63, 3.8) is 0 Å². The molecule has 1 aromatic heterocycles. The molecule has 0 unspecified atom stereocenters. The second kappa shape index (κ2) is 9.02. The van der Waals surface area contributed by atoms with Crippen LogP contribution in [0.25, 0.3) is 17.1 Å². The summed E-state index contributed by atoms with van der Waals surface area (Å²) < 4.78 is 15.5. The second-order valence-electron chi connectivity index (χ2n) is 7.79. The van der Waals surface area contributed by atoms with Gasteiger partial charge in [-0.25, -0.2) is 4.68 Å². The molecule has 1 aliphatic heterocycles. The Hall–Kier alpha value is -2.64. The average Bonchev–Trinajstić information content (AvgIpc) is 3.11. The summed E-state index contributed by atoms with van der Waals surface area (Å²) in [6.07, 6.45) is 2.44. The monoisotopic (exact) mass is 424 g/mol. The third-order valence-corrected chi connectivity index (χ3v) is 6.10. The van der Waals surface area contributed by atoms with E-state index >= 15 is 0 Å². The second-order valence-corrected chi connectivity index (χ2v) is 8.15. The Morgan fingerprint density at radius 2 is 1.70 bits per heavy atom. The lowest BCUT2D eigenvalue weighted by molar-refractivity contribution is 0.146. The van der Waals surface area contributed by atoms with Gasteiger partial charge in [0.05, 0.1) is 26.6 Å². The number of rotatable bonds is 6.